The first-order valence-electron chi connectivity index (χ1n) is 19.6. The SMILES string of the molecule is CCOC(=O)CN1CCN(CC(=O)OCC)CCN(C[C@H]2O[C@@H](n3cnc4c(N)ncnc43)[C@H](O)[C@@H]2O)CCN(CC(=O)c2cc3oc(=O)cc(C)c3cc2C)CC1. The Hall–Kier alpha value is -4.89. The summed E-state index contributed by atoms with van der Waals surface area (Å²) in [6.45, 7) is 11.2. The maximum absolute atomic E-state index is 14.0. The molecular formula is C39H53N9O10. The molecule has 2 aliphatic heterocycles. The Morgan fingerprint density at radius 1 is 0.793 bits per heavy atom. The van der Waals surface area contributed by atoms with Gasteiger partial charge in [-0.15, -0.1) is 0 Å². The Morgan fingerprint density at radius 2 is 1.38 bits per heavy atom. The Balaban J connectivity index is 1.25. The molecule has 19 nitrogen and oxygen atoms in total. The molecule has 0 saturated carbocycles. The number of hydrogen-bond acceptors (Lipinski definition) is 18. The van der Waals surface area contributed by atoms with Crippen molar-refractivity contribution < 1.29 is 43.2 Å². The van der Waals surface area contributed by atoms with Crippen molar-refractivity contribution in [3.8, 4) is 0 Å². The lowest BCUT2D eigenvalue weighted by molar-refractivity contribution is -0.146. The summed E-state index contributed by atoms with van der Waals surface area (Å²) in [5, 5.41) is 23.3. The Kier molecular flexibility index (Phi) is 14.2. The van der Waals surface area contributed by atoms with Gasteiger partial charge in [0.05, 0.1) is 39.2 Å². The summed E-state index contributed by atoms with van der Waals surface area (Å²) in [5.74, 6) is -0.750. The molecule has 2 saturated heterocycles. The zero-order valence-electron chi connectivity index (χ0n) is 33.4. The van der Waals surface area contributed by atoms with Crippen molar-refractivity contribution in [2.24, 2.45) is 0 Å². The summed E-state index contributed by atoms with van der Waals surface area (Å²) >= 11 is 0. The summed E-state index contributed by atoms with van der Waals surface area (Å²) in [6.07, 6.45) is -1.71. The van der Waals surface area contributed by atoms with Crippen LogP contribution in [0.2, 0.25) is 0 Å². The van der Waals surface area contributed by atoms with Crippen molar-refractivity contribution in [1.29, 1.82) is 0 Å². The first kappa shape index (κ1) is 42.7. The van der Waals surface area contributed by atoms with Crippen LogP contribution >= 0.6 is 0 Å². The number of aryl methyl sites for hydroxylation is 2. The normalized spacial score (nSPS) is 22.2. The van der Waals surface area contributed by atoms with E-state index in [1.807, 2.05) is 34.6 Å². The van der Waals surface area contributed by atoms with Gasteiger partial charge in [0.15, 0.2) is 23.5 Å². The lowest BCUT2D eigenvalue weighted by Gasteiger charge is -2.34. The number of hydrogen-bond donors (Lipinski definition) is 3. The average molecular weight is 808 g/mol. The first-order chi connectivity index (χ1) is 27.8. The molecule has 4 atom stereocenters. The average Bonchev–Trinajstić information content (AvgIpc) is 3.73. The monoisotopic (exact) mass is 807 g/mol. The molecular weight excluding hydrogens is 754 g/mol. The summed E-state index contributed by atoms with van der Waals surface area (Å²) < 4.78 is 23.8. The number of anilines is 1. The molecule has 5 heterocycles. The minimum absolute atomic E-state index is 0.0283. The van der Waals surface area contributed by atoms with Crippen LogP contribution in [-0.4, -0.2) is 177 Å². The highest BCUT2D eigenvalue weighted by Gasteiger charge is 2.45. The van der Waals surface area contributed by atoms with Crippen LogP contribution in [0, 0.1) is 13.8 Å². The number of rotatable bonds is 12. The van der Waals surface area contributed by atoms with E-state index in [-0.39, 0.29) is 62.9 Å². The van der Waals surface area contributed by atoms with Gasteiger partial charge in [0.1, 0.15) is 35.7 Å². The van der Waals surface area contributed by atoms with Gasteiger partial charge in [0, 0.05) is 75.9 Å². The summed E-state index contributed by atoms with van der Waals surface area (Å²) in [4.78, 5) is 72.1. The number of aromatic nitrogens is 4. The maximum Gasteiger partial charge on any atom is 0.336 e. The topological polar surface area (TPSA) is 232 Å². The van der Waals surface area contributed by atoms with Crippen molar-refractivity contribution in [2.45, 2.75) is 52.2 Å². The van der Waals surface area contributed by atoms with Gasteiger partial charge >= 0.3 is 17.6 Å². The molecule has 0 unspecified atom stereocenters. The number of carbonyl (C=O) groups excluding carboxylic acids is 3. The summed E-state index contributed by atoms with van der Waals surface area (Å²) in [5.41, 5.74) is 8.45. The van der Waals surface area contributed by atoms with E-state index in [4.69, 9.17) is 24.4 Å². The van der Waals surface area contributed by atoms with E-state index in [0.29, 0.717) is 74.7 Å². The van der Waals surface area contributed by atoms with Crippen LogP contribution in [-0.2, 0) is 23.8 Å². The van der Waals surface area contributed by atoms with Gasteiger partial charge in [0.25, 0.3) is 0 Å². The second-order valence-electron chi connectivity index (χ2n) is 14.7. The molecule has 19 heteroatoms. The molecule has 0 amide bonds. The number of benzene rings is 1. The number of nitrogens with two attached hydrogens (primary N) is 1. The number of nitrogens with zero attached hydrogens (tertiary/aromatic N) is 8. The van der Waals surface area contributed by atoms with Gasteiger partial charge in [-0.05, 0) is 51.0 Å². The maximum atomic E-state index is 14.0. The van der Waals surface area contributed by atoms with E-state index in [0.717, 1.165) is 16.5 Å². The van der Waals surface area contributed by atoms with Crippen molar-refractivity contribution in [3.63, 3.8) is 0 Å². The summed E-state index contributed by atoms with van der Waals surface area (Å²) in [6, 6.07) is 4.90. The Morgan fingerprint density at radius 3 is 1.98 bits per heavy atom. The molecule has 2 fully saturated rings. The van der Waals surface area contributed by atoms with Crippen LogP contribution in [0.1, 0.15) is 41.6 Å². The highest BCUT2D eigenvalue weighted by atomic mass is 16.6. The fourth-order valence-electron chi connectivity index (χ4n) is 7.50. The third kappa shape index (κ3) is 10.2. The number of aliphatic hydroxyl groups is 2. The second kappa shape index (κ2) is 19.2. The molecule has 1 aromatic carbocycles. The van der Waals surface area contributed by atoms with Crippen LogP contribution in [0.5, 0.6) is 0 Å². The van der Waals surface area contributed by atoms with Crippen molar-refractivity contribution in [3.05, 3.63) is 58.0 Å². The van der Waals surface area contributed by atoms with Crippen LogP contribution in [0.25, 0.3) is 22.1 Å². The number of aliphatic hydroxyl groups excluding tert-OH is 2. The second-order valence-corrected chi connectivity index (χ2v) is 14.7. The number of nitrogen functional groups attached to an aromatic ring is 1. The number of Topliss-reactive ketones (excluding diaryl/α,β-unsaturated/α-hetero) is 1. The fourth-order valence-corrected chi connectivity index (χ4v) is 7.50. The number of imidazole rings is 1. The number of ether oxygens (including phenoxy) is 3. The minimum Gasteiger partial charge on any atom is -0.465 e. The molecule has 4 N–H and O–H groups in total. The first-order valence-corrected chi connectivity index (χ1v) is 19.6. The third-order valence-corrected chi connectivity index (χ3v) is 10.6. The number of esters is 2. The van der Waals surface area contributed by atoms with E-state index in [1.54, 1.807) is 19.9 Å². The van der Waals surface area contributed by atoms with Crippen molar-refractivity contribution >= 4 is 45.7 Å². The van der Waals surface area contributed by atoms with E-state index in [9.17, 15) is 29.4 Å². The zero-order valence-corrected chi connectivity index (χ0v) is 33.4. The van der Waals surface area contributed by atoms with Gasteiger partial charge in [-0.25, -0.2) is 19.7 Å². The smallest absolute Gasteiger partial charge is 0.336 e. The molecule has 4 aromatic rings. The van der Waals surface area contributed by atoms with Gasteiger partial charge in [-0.1, -0.05) is 0 Å². The van der Waals surface area contributed by atoms with Crippen molar-refractivity contribution in [2.75, 3.05) is 97.5 Å². The molecule has 6 rings (SSSR count). The Labute approximate surface area is 335 Å². The number of carbonyl (C=O) groups is 3. The minimum atomic E-state index is -1.32. The predicted octanol–water partition coefficient (Wildman–Crippen LogP) is -0.0184. The molecule has 3 aromatic heterocycles. The largest absolute Gasteiger partial charge is 0.465 e. The van der Waals surface area contributed by atoms with E-state index in [2.05, 4.69) is 19.9 Å². The lowest BCUT2D eigenvalue weighted by Crippen LogP contribution is -2.50. The van der Waals surface area contributed by atoms with Crippen LogP contribution in [0.4, 0.5) is 5.82 Å². The Bertz CT molecular complexity index is 2140. The van der Waals surface area contributed by atoms with Crippen LogP contribution < -0.4 is 11.4 Å². The van der Waals surface area contributed by atoms with Crippen LogP contribution in [0.15, 0.2) is 40.1 Å². The highest BCUT2D eigenvalue weighted by molar-refractivity contribution is 6.02. The van der Waals surface area contributed by atoms with Gasteiger partial charge in [-0.2, -0.15) is 0 Å². The zero-order chi connectivity index (χ0) is 41.5. The van der Waals surface area contributed by atoms with Gasteiger partial charge < -0.3 is 34.6 Å². The third-order valence-electron chi connectivity index (χ3n) is 10.6. The molecule has 0 radical (unpaired) electrons. The number of fused-ring (bicyclic) bond motifs is 2. The molecule has 2 aliphatic rings. The molecule has 0 aliphatic carbocycles. The molecule has 0 bridgehead atoms. The standard InChI is InChI=1S/C39H53N9O10/c1-5-55-32(51)20-46-11-8-44(18-28(49)26-17-29-27(15-24(26)3)25(4)16-31(50)57-29)7-9-45(10-12-47(14-13-46)21-33(52)56-6-2)19-30-35(53)36(54)39(58-30)48-23-43-34-37(40)41-22-42-38(34)48/h15-17,22-23,30,35-36,39,53-54H,5-14,18-21H2,1-4H3,(H2,40,41,42)/t30-,35-,36-,39-/m1/s1. The number of ketones is 1. The summed E-state index contributed by atoms with van der Waals surface area (Å²) in [7, 11) is 0. The van der Waals surface area contributed by atoms with E-state index >= 15 is 0 Å². The molecule has 314 valence electrons. The van der Waals surface area contributed by atoms with Gasteiger partial charge in [0.2, 0.25) is 0 Å². The molecule has 0 spiro atoms. The van der Waals surface area contributed by atoms with Crippen LogP contribution in [0.3, 0.4) is 0 Å². The van der Waals surface area contributed by atoms with E-state index < -0.39 is 30.2 Å². The molecule has 58 heavy (non-hydrogen) atoms. The van der Waals surface area contributed by atoms with Crippen molar-refractivity contribution in [1.82, 2.24) is 39.1 Å². The lowest BCUT2D eigenvalue weighted by atomic mass is 10.00. The quantitative estimate of drug-likeness (QED) is 0.0970. The predicted molar refractivity (Wildman–Crippen MR) is 211 cm³/mol. The highest BCUT2D eigenvalue weighted by Crippen LogP contribution is 2.32. The van der Waals surface area contributed by atoms with E-state index in [1.165, 1.54) is 23.3 Å². The fraction of sp³-hybridized carbons (Fsp3) is 0.564. The van der Waals surface area contributed by atoms with Gasteiger partial charge in [-0.3, -0.25) is 38.6 Å².